The SMILES string of the molecule is O=C(NCC(=O)N1CCNCC1)OCc1ccccc1. The van der Waals surface area contributed by atoms with Gasteiger partial charge in [0.1, 0.15) is 13.2 Å². The highest BCUT2D eigenvalue weighted by atomic mass is 16.5. The summed E-state index contributed by atoms with van der Waals surface area (Å²) in [6.07, 6.45) is -0.572. The predicted molar refractivity (Wildman–Crippen MR) is 74.1 cm³/mol. The standard InChI is InChI=1S/C14H19N3O3/c18-13(17-8-6-15-7-9-17)10-16-14(19)20-11-12-4-2-1-3-5-12/h1-5,15H,6-11H2,(H,16,19). The minimum absolute atomic E-state index is 0.0202. The molecule has 0 saturated carbocycles. The Kier molecular flexibility index (Phi) is 5.37. The molecule has 1 fully saturated rings. The van der Waals surface area contributed by atoms with Crippen LogP contribution >= 0.6 is 0 Å². The molecule has 1 aromatic rings. The van der Waals surface area contributed by atoms with E-state index in [9.17, 15) is 9.59 Å². The van der Waals surface area contributed by atoms with E-state index in [0.717, 1.165) is 18.7 Å². The molecule has 1 saturated heterocycles. The smallest absolute Gasteiger partial charge is 0.407 e. The highest BCUT2D eigenvalue weighted by molar-refractivity contribution is 5.82. The Hall–Kier alpha value is -2.08. The second kappa shape index (κ2) is 7.49. The fourth-order valence-electron chi connectivity index (χ4n) is 1.95. The first kappa shape index (κ1) is 14.3. The minimum Gasteiger partial charge on any atom is -0.445 e. The average molecular weight is 277 g/mol. The molecule has 6 nitrogen and oxygen atoms in total. The molecule has 1 aliphatic heterocycles. The molecule has 2 amide bonds. The van der Waals surface area contributed by atoms with Crippen LogP contribution in [0.3, 0.4) is 0 Å². The van der Waals surface area contributed by atoms with Gasteiger partial charge in [0.15, 0.2) is 0 Å². The van der Waals surface area contributed by atoms with Crippen molar-refractivity contribution in [3.05, 3.63) is 35.9 Å². The lowest BCUT2D eigenvalue weighted by Gasteiger charge is -2.27. The van der Waals surface area contributed by atoms with E-state index in [1.165, 1.54) is 0 Å². The van der Waals surface area contributed by atoms with Gasteiger partial charge in [-0.3, -0.25) is 4.79 Å². The molecule has 0 bridgehead atoms. The highest BCUT2D eigenvalue weighted by Crippen LogP contribution is 2.00. The Morgan fingerprint density at radius 1 is 1.20 bits per heavy atom. The summed E-state index contributed by atoms with van der Waals surface area (Å²) in [4.78, 5) is 25.0. The highest BCUT2D eigenvalue weighted by Gasteiger charge is 2.16. The van der Waals surface area contributed by atoms with Gasteiger partial charge in [0.2, 0.25) is 5.91 Å². The fraction of sp³-hybridized carbons (Fsp3) is 0.429. The van der Waals surface area contributed by atoms with Crippen molar-refractivity contribution in [1.29, 1.82) is 0 Å². The maximum atomic E-state index is 11.8. The molecule has 108 valence electrons. The van der Waals surface area contributed by atoms with Crippen molar-refractivity contribution in [2.24, 2.45) is 0 Å². The lowest BCUT2D eigenvalue weighted by atomic mass is 10.2. The number of carbonyl (C=O) groups is 2. The first-order chi connectivity index (χ1) is 9.75. The molecule has 0 atom stereocenters. The van der Waals surface area contributed by atoms with Gasteiger partial charge < -0.3 is 20.3 Å². The zero-order chi connectivity index (χ0) is 14.2. The molecule has 1 aliphatic rings. The molecular weight excluding hydrogens is 258 g/mol. The van der Waals surface area contributed by atoms with Crippen LogP contribution in [0.5, 0.6) is 0 Å². The number of amides is 2. The van der Waals surface area contributed by atoms with Crippen molar-refractivity contribution < 1.29 is 14.3 Å². The summed E-state index contributed by atoms with van der Waals surface area (Å²) >= 11 is 0. The third kappa shape index (κ3) is 4.55. The van der Waals surface area contributed by atoms with Crippen LogP contribution in [-0.4, -0.2) is 49.6 Å². The summed E-state index contributed by atoms with van der Waals surface area (Å²) in [7, 11) is 0. The van der Waals surface area contributed by atoms with Crippen LogP contribution in [0, 0.1) is 0 Å². The summed E-state index contributed by atoms with van der Waals surface area (Å²) in [5, 5.41) is 5.64. The van der Waals surface area contributed by atoms with E-state index in [2.05, 4.69) is 10.6 Å². The normalized spacial score (nSPS) is 14.7. The molecule has 2 rings (SSSR count). The zero-order valence-electron chi connectivity index (χ0n) is 11.3. The van der Waals surface area contributed by atoms with Crippen LogP contribution in [-0.2, 0) is 16.1 Å². The van der Waals surface area contributed by atoms with Gasteiger partial charge in [0.05, 0.1) is 0 Å². The number of ether oxygens (including phenoxy) is 1. The van der Waals surface area contributed by atoms with Crippen molar-refractivity contribution in [3.63, 3.8) is 0 Å². The summed E-state index contributed by atoms with van der Waals surface area (Å²) < 4.78 is 5.03. The number of rotatable bonds is 4. The van der Waals surface area contributed by atoms with Gasteiger partial charge in [-0.25, -0.2) is 4.79 Å². The first-order valence-corrected chi connectivity index (χ1v) is 6.69. The van der Waals surface area contributed by atoms with Crippen LogP contribution in [0.2, 0.25) is 0 Å². The Balaban J connectivity index is 1.65. The van der Waals surface area contributed by atoms with E-state index in [0.29, 0.717) is 13.1 Å². The second-order valence-corrected chi connectivity index (χ2v) is 4.55. The quantitative estimate of drug-likeness (QED) is 0.833. The topological polar surface area (TPSA) is 70.7 Å². The van der Waals surface area contributed by atoms with Crippen LogP contribution in [0.4, 0.5) is 4.79 Å². The molecule has 0 unspecified atom stereocenters. The van der Waals surface area contributed by atoms with Crippen LogP contribution in [0.15, 0.2) is 30.3 Å². The summed E-state index contributed by atoms with van der Waals surface area (Å²) in [5.41, 5.74) is 0.913. The molecule has 20 heavy (non-hydrogen) atoms. The molecule has 2 N–H and O–H groups in total. The van der Waals surface area contributed by atoms with Crippen LogP contribution in [0.25, 0.3) is 0 Å². The lowest BCUT2D eigenvalue weighted by Crippen LogP contribution is -2.49. The van der Waals surface area contributed by atoms with Crippen molar-refractivity contribution in [2.75, 3.05) is 32.7 Å². The molecule has 0 radical (unpaired) electrons. The number of hydrogen-bond donors (Lipinski definition) is 2. The maximum absolute atomic E-state index is 11.8. The van der Waals surface area contributed by atoms with Crippen LogP contribution in [0.1, 0.15) is 5.56 Å². The Morgan fingerprint density at radius 2 is 1.90 bits per heavy atom. The molecule has 1 aromatic carbocycles. The van der Waals surface area contributed by atoms with Gasteiger partial charge in [0.25, 0.3) is 0 Å². The van der Waals surface area contributed by atoms with Crippen molar-refractivity contribution in [1.82, 2.24) is 15.5 Å². The van der Waals surface area contributed by atoms with Crippen molar-refractivity contribution >= 4 is 12.0 Å². The Bertz CT molecular complexity index is 444. The monoisotopic (exact) mass is 277 g/mol. The van der Waals surface area contributed by atoms with Crippen molar-refractivity contribution in [3.8, 4) is 0 Å². The first-order valence-electron chi connectivity index (χ1n) is 6.69. The third-order valence-electron chi connectivity index (χ3n) is 3.07. The maximum Gasteiger partial charge on any atom is 0.407 e. The Labute approximate surface area is 118 Å². The number of piperazine rings is 1. The summed E-state index contributed by atoms with van der Waals surface area (Å²) in [6.45, 7) is 3.13. The van der Waals surface area contributed by atoms with Crippen molar-refractivity contribution in [2.45, 2.75) is 6.61 Å². The van der Waals surface area contributed by atoms with E-state index in [-0.39, 0.29) is 19.1 Å². The molecule has 0 spiro atoms. The van der Waals surface area contributed by atoms with Gasteiger partial charge in [-0.05, 0) is 5.56 Å². The Morgan fingerprint density at radius 3 is 2.60 bits per heavy atom. The van der Waals surface area contributed by atoms with E-state index in [1.807, 2.05) is 30.3 Å². The molecular formula is C14H19N3O3. The predicted octanol–water partition coefficient (Wildman–Crippen LogP) is 0.345. The molecule has 0 aliphatic carbocycles. The zero-order valence-corrected chi connectivity index (χ0v) is 11.3. The largest absolute Gasteiger partial charge is 0.445 e. The molecule has 6 heteroatoms. The number of hydrogen-bond acceptors (Lipinski definition) is 4. The number of nitrogens with zero attached hydrogens (tertiary/aromatic N) is 1. The van der Waals surface area contributed by atoms with Gasteiger partial charge in [-0.15, -0.1) is 0 Å². The number of nitrogens with one attached hydrogen (secondary N) is 2. The average Bonchev–Trinajstić information content (AvgIpc) is 2.52. The second-order valence-electron chi connectivity index (χ2n) is 4.55. The van der Waals surface area contributed by atoms with Gasteiger partial charge in [-0.1, -0.05) is 30.3 Å². The van der Waals surface area contributed by atoms with Gasteiger partial charge >= 0.3 is 6.09 Å². The fourth-order valence-corrected chi connectivity index (χ4v) is 1.95. The third-order valence-corrected chi connectivity index (χ3v) is 3.07. The van der Waals surface area contributed by atoms with Crippen LogP contribution < -0.4 is 10.6 Å². The van der Waals surface area contributed by atoms with E-state index in [4.69, 9.17) is 4.74 Å². The van der Waals surface area contributed by atoms with Gasteiger partial charge in [-0.2, -0.15) is 0 Å². The molecule has 0 aromatic heterocycles. The molecule has 1 heterocycles. The van der Waals surface area contributed by atoms with E-state index in [1.54, 1.807) is 4.90 Å². The number of alkyl carbamates (subject to hydrolysis) is 1. The number of benzene rings is 1. The number of carbonyl (C=O) groups excluding carboxylic acids is 2. The van der Waals surface area contributed by atoms with E-state index >= 15 is 0 Å². The minimum atomic E-state index is -0.572. The van der Waals surface area contributed by atoms with E-state index < -0.39 is 6.09 Å². The summed E-state index contributed by atoms with van der Waals surface area (Å²) in [6, 6.07) is 9.41. The lowest BCUT2D eigenvalue weighted by molar-refractivity contribution is -0.130. The summed E-state index contributed by atoms with van der Waals surface area (Å²) in [5.74, 6) is -0.0804. The van der Waals surface area contributed by atoms with Gasteiger partial charge in [0, 0.05) is 26.2 Å².